The molecule has 0 spiro atoms. The number of benzene rings is 3. The normalized spacial score (nSPS) is 15.2. The number of ether oxygens (including phenoxy) is 1. The van der Waals surface area contributed by atoms with E-state index in [4.69, 9.17) is 9.73 Å². The number of aromatic hydroxyl groups is 1. The number of hydrogen-bond donors (Lipinski definition) is 2. The fourth-order valence-electron chi connectivity index (χ4n) is 4.05. The number of aliphatic imine (C=N–C) groups is 1. The van der Waals surface area contributed by atoms with E-state index in [-0.39, 0.29) is 10.8 Å². The number of aromatic nitrogens is 2. The Balaban J connectivity index is 1.73. The summed E-state index contributed by atoms with van der Waals surface area (Å²) in [4.78, 5) is 33.9. The largest absolute Gasteiger partial charge is 0.495 e. The number of nitrogens with zero attached hydrogens (tertiary/aromatic N) is 2. The molecule has 0 bridgehead atoms. The van der Waals surface area contributed by atoms with Crippen LogP contribution in [0.3, 0.4) is 0 Å². The molecule has 170 valence electrons. The van der Waals surface area contributed by atoms with Crippen molar-refractivity contribution in [1.82, 2.24) is 9.55 Å². The number of rotatable bonds is 4. The highest BCUT2D eigenvalue weighted by Gasteiger charge is 2.28. The highest BCUT2D eigenvalue weighted by Crippen LogP contribution is 2.45. The van der Waals surface area contributed by atoms with Gasteiger partial charge in [-0.2, -0.15) is 0 Å². The van der Waals surface area contributed by atoms with E-state index in [1.165, 1.54) is 7.11 Å². The number of hydrogen-bond acceptors (Lipinski definition) is 6. The van der Waals surface area contributed by atoms with Gasteiger partial charge in [-0.3, -0.25) is 14.8 Å². The van der Waals surface area contributed by atoms with E-state index in [1.54, 1.807) is 36.0 Å². The molecule has 1 aliphatic heterocycles. The average Bonchev–Trinajstić information content (AvgIpc) is 3.04. The summed E-state index contributed by atoms with van der Waals surface area (Å²) in [6.07, 6.45) is 0.379. The van der Waals surface area contributed by atoms with Gasteiger partial charge in [-0.15, -0.1) is 11.8 Å². The van der Waals surface area contributed by atoms with Gasteiger partial charge in [0.25, 0.3) is 5.56 Å². The summed E-state index contributed by atoms with van der Waals surface area (Å²) < 4.78 is 6.41. The third kappa shape index (κ3) is 3.92. The minimum absolute atomic E-state index is 0.0382. The number of aromatic amines is 1. The van der Waals surface area contributed by atoms with Gasteiger partial charge >= 0.3 is 5.69 Å². The molecule has 0 saturated carbocycles. The fourth-order valence-corrected chi connectivity index (χ4v) is 5.28. The summed E-state index contributed by atoms with van der Waals surface area (Å²) in [5.74, 6) is -0.100. The van der Waals surface area contributed by atoms with Crippen molar-refractivity contribution in [2.24, 2.45) is 4.99 Å². The lowest BCUT2D eigenvalue weighted by Gasteiger charge is -2.17. The van der Waals surface area contributed by atoms with Crippen LogP contribution in [0.2, 0.25) is 0 Å². The number of thioether (sulfide) groups is 1. The molecule has 8 heteroatoms. The van der Waals surface area contributed by atoms with Gasteiger partial charge in [-0.25, -0.2) is 9.36 Å². The molecule has 1 aliphatic rings. The average molecular weight is 472 g/mol. The zero-order chi connectivity index (χ0) is 23.7. The van der Waals surface area contributed by atoms with Crippen LogP contribution < -0.4 is 16.0 Å². The molecule has 0 fully saturated rings. The zero-order valence-corrected chi connectivity index (χ0v) is 19.1. The van der Waals surface area contributed by atoms with Crippen LogP contribution in [-0.4, -0.2) is 27.5 Å². The molecule has 4 aromatic rings. The van der Waals surface area contributed by atoms with E-state index in [0.29, 0.717) is 29.3 Å². The molecule has 0 aliphatic carbocycles. The lowest BCUT2D eigenvalue weighted by Crippen LogP contribution is -2.33. The Hall–Kier alpha value is -4.04. The lowest BCUT2D eigenvalue weighted by molar-refractivity contribution is 0.401. The molecule has 1 atom stereocenters. The summed E-state index contributed by atoms with van der Waals surface area (Å²) in [5.41, 5.74) is 0.995. The van der Waals surface area contributed by atoms with Crippen molar-refractivity contribution in [2.75, 3.05) is 7.11 Å². The first-order chi connectivity index (χ1) is 16.6. The fraction of sp³-hybridized carbons (Fsp3) is 0.115. The molecule has 34 heavy (non-hydrogen) atoms. The van der Waals surface area contributed by atoms with Gasteiger partial charge in [-0.1, -0.05) is 54.6 Å². The Morgan fingerprint density at radius 1 is 1.00 bits per heavy atom. The van der Waals surface area contributed by atoms with E-state index >= 15 is 0 Å². The quantitative estimate of drug-likeness (QED) is 0.454. The van der Waals surface area contributed by atoms with Gasteiger partial charge in [0, 0.05) is 16.6 Å². The van der Waals surface area contributed by atoms with Gasteiger partial charge in [0.15, 0.2) is 0 Å². The van der Waals surface area contributed by atoms with Crippen LogP contribution >= 0.6 is 11.8 Å². The SMILES string of the molecule is COc1ccccc1-n1c(O)c(C2=Nc3ccccc3SC(c3ccccc3)C2)c(=O)[nH]c1=O. The van der Waals surface area contributed by atoms with Crippen molar-refractivity contribution < 1.29 is 9.84 Å². The molecule has 1 unspecified atom stereocenters. The number of methoxy groups -OCH3 is 1. The maximum atomic E-state index is 13.0. The second-order valence-corrected chi connectivity index (χ2v) is 8.96. The minimum atomic E-state index is -0.764. The maximum Gasteiger partial charge on any atom is 0.335 e. The van der Waals surface area contributed by atoms with Gasteiger partial charge < -0.3 is 9.84 Å². The molecule has 5 rings (SSSR count). The Morgan fingerprint density at radius 2 is 1.71 bits per heavy atom. The highest BCUT2D eigenvalue weighted by molar-refractivity contribution is 7.99. The smallest absolute Gasteiger partial charge is 0.335 e. The Labute approximate surface area is 199 Å². The summed E-state index contributed by atoms with van der Waals surface area (Å²) in [7, 11) is 1.47. The molecular formula is C26H21N3O4S. The van der Waals surface area contributed by atoms with Crippen molar-refractivity contribution in [3.63, 3.8) is 0 Å². The van der Waals surface area contributed by atoms with E-state index in [2.05, 4.69) is 4.98 Å². The zero-order valence-electron chi connectivity index (χ0n) is 18.3. The van der Waals surface area contributed by atoms with Crippen LogP contribution in [0.1, 0.15) is 22.8 Å². The van der Waals surface area contributed by atoms with E-state index in [1.807, 2.05) is 54.6 Å². The molecule has 1 aromatic heterocycles. The number of H-pyrrole nitrogens is 1. The van der Waals surface area contributed by atoms with Gasteiger partial charge in [0.1, 0.15) is 11.3 Å². The van der Waals surface area contributed by atoms with Crippen molar-refractivity contribution in [3.8, 4) is 17.3 Å². The third-order valence-electron chi connectivity index (χ3n) is 5.64. The van der Waals surface area contributed by atoms with Crippen molar-refractivity contribution in [2.45, 2.75) is 16.6 Å². The summed E-state index contributed by atoms with van der Waals surface area (Å²) in [6.45, 7) is 0. The van der Waals surface area contributed by atoms with E-state index in [9.17, 15) is 14.7 Å². The first kappa shape index (κ1) is 21.8. The van der Waals surface area contributed by atoms with Crippen LogP contribution in [0.25, 0.3) is 5.69 Å². The summed E-state index contributed by atoms with van der Waals surface area (Å²) >= 11 is 1.65. The Morgan fingerprint density at radius 3 is 2.50 bits per heavy atom. The van der Waals surface area contributed by atoms with Crippen LogP contribution in [0.5, 0.6) is 11.6 Å². The predicted molar refractivity (Wildman–Crippen MR) is 133 cm³/mol. The summed E-state index contributed by atoms with van der Waals surface area (Å²) in [6, 6.07) is 24.4. The van der Waals surface area contributed by atoms with Crippen molar-refractivity contribution >= 4 is 23.2 Å². The van der Waals surface area contributed by atoms with E-state index in [0.717, 1.165) is 15.0 Å². The van der Waals surface area contributed by atoms with Crippen LogP contribution in [-0.2, 0) is 0 Å². The molecule has 0 saturated heterocycles. The third-order valence-corrected chi connectivity index (χ3v) is 6.96. The van der Waals surface area contributed by atoms with Crippen LogP contribution in [0, 0.1) is 0 Å². The number of nitrogens with one attached hydrogen (secondary N) is 1. The van der Waals surface area contributed by atoms with Crippen LogP contribution in [0.4, 0.5) is 5.69 Å². The summed E-state index contributed by atoms with van der Waals surface area (Å²) in [5, 5.41) is 11.2. The predicted octanol–water partition coefficient (Wildman–Crippen LogP) is 4.60. The molecule has 0 amide bonds. The van der Waals surface area contributed by atoms with Gasteiger partial charge in [0.05, 0.1) is 24.2 Å². The molecule has 3 aromatic carbocycles. The molecular weight excluding hydrogens is 450 g/mol. The van der Waals surface area contributed by atoms with E-state index < -0.39 is 17.1 Å². The highest BCUT2D eigenvalue weighted by atomic mass is 32.2. The minimum Gasteiger partial charge on any atom is -0.495 e. The number of fused-ring (bicyclic) bond motifs is 1. The first-order valence-corrected chi connectivity index (χ1v) is 11.5. The van der Waals surface area contributed by atoms with Crippen LogP contribution in [0.15, 0.2) is 98.3 Å². The standard InChI is InChI=1S/C26H21N3O4S/c1-33-20-13-7-6-12-19(20)29-25(31)23(24(30)28-26(29)32)18-15-22(16-9-3-2-4-10-16)34-21-14-8-5-11-17(21)27-18/h2-14,22,31H,15H2,1H3,(H,28,30,32). The van der Waals surface area contributed by atoms with Gasteiger partial charge in [-0.05, 0) is 29.8 Å². The molecule has 2 heterocycles. The lowest BCUT2D eigenvalue weighted by atomic mass is 10.0. The van der Waals surface area contributed by atoms with Gasteiger partial charge in [0.2, 0.25) is 5.88 Å². The maximum absolute atomic E-state index is 13.0. The molecule has 7 nitrogen and oxygen atoms in total. The Kier molecular flexibility index (Phi) is 5.81. The monoisotopic (exact) mass is 471 g/mol. The van der Waals surface area contributed by atoms with Crippen molar-refractivity contribution in [1.29, 1.82) is 0 Å². The Bertz CT molecular complexity index is 1510. The second kappa shape index (κ2) is 9.07. The first-order valence-electron chi connectivity index (χ1n) is 10.7. The van der Waals surface area contributed by atoms with Crippen molar-refractivity contribution in [3.05, 3.63) is 111 Å². The molecule has 2 N–H and O–H groups in total. The molecule has 0 radical (unpaired) electrons. The topological polar surface area (TPSA) is 96.7 Å². The second-order valence-electron chi connectivity index (χ2n) is 7.71. The number of para-hydroxylation sites is 3.